The second-order valence-electron chi connectivity index (χ2n) is 5.21. The molecule has 0 aliphatic carbocycles. The summed E-state index contributed by atoms with van der Waals surface area (Å²) in [4.78, 5) is 4.59. The van der Waals surface area contributed by atoms with Gasteiger partial charge in [0, 0.05) is 11.1 Å². The lowest BCUT2D eigenvalue weighted by Crippen LogP contribution is -1.98. The summed E-state index contributed by atoms with van der Waals surface area (Å²) in [6.07, 6.45) is 5.49. The summed E-state index contributed by atoms with van der Waals surface area (Å²) in [5.74, 6) is 3.32. The Morgan fingerprint density at radius 3 is 2.74 bits per heavy atom. The normalized spacial score (nSPS) is 11.0. The number of benzene rings is 2. The van der Waals surface area contributed by atoms with E-state index in [4.69, 9.17) is 18.0 Å². The van der Waals surface area contributed by atoms with Crippen molar-refractivity contribution in [3.8, 4) is 23.7 Å². The van der Waals surface area contributed by atoms with Crippen molar-refractivity contribution < 1.29 is 0 Å². The summed E-state index contributed by atoms with van der Waals surface area (Å²) in [5.41, 5.74) is 4.81. The van der Waals surface area contributed by atoms with E-state index in [-0.39, 0.29) is 0 Å². The number of hydrogen-bond donors (Lipinski definition) is 0. The minimum Gasteiger partial charge on any atom is -0.272 e. The fraction of sp³-hybridized carbons (Fsp3) is 0.0556. The van der Waals surface area contributed by atoms with E-state index in [0.29, 0.717) is 16.5 Å². The molecule has 0 spiro atoms. The molecule has 0 amide bonds. The van der Waals surface area contributed by atoms with Crippen molar-refractivity contribution in [2.75, 3.05) is 0 Å². The van der Waals surface area contributed by atoms with Crippen molar-refractivity contribution >= 4 is 28.3 Å². The van der Waals surface area contributed by atoms with Crippen LogP contribution in [0.3, 0.4) is 0 Å². The SMILES string of the molecule is C#Cc1ccc2c(c1)nc(C)c1nnc(-c3ccccc3Cl)n12. The lowest BCUT2D eigenvalue weighted by atomic mass is 10.1. The van der Waals surface area contributed by atoms with E-state index in [0.717, 1.165) is 27.9 Å². The lowest BCUT2D eigenvalue weighted by Gasteiger charge is -2.08. The Hall–Kier alpha value is -2.90. The Bertz CT molecular complexity index is 1110. The van der Waals surface area contributed by atoms with E-state index in [2.05, 4.69) is 21.1 Å². The minimum atomic E-state index is 0.629. The molecule has 4 nitrogen and oxygen atoms in total. The first-order valence-electron chi connectivity index (χ1n) is 7.06. The molecule has 0 aliphatic heterocycles. The van der Waals surface area contributed by atoms with Gasteiger partial charge in [0.15, 0.2) is 11.5 Å². The van der Waals surface area contributed by atoms with Gasteiger partial charge in [-0.15, -0.1) is 16.6 Å². The van der Waals surface area contributed by atoms with Gasteiger partial charge in [0.05, 0.1) is 21.7 Å². The molecule has 0 radical (unpaired) electrons. The third-order valence-corrected chi connectivity index (χ3v) is 4.10. The summed E-state index contributed by atoms with van der Waals surface area (Å²) >= 11 is 6.33. The molecule has 0 saturated carbocycles. The summed E-state index contributed by atoms with van der Waals surface area (Å²) < 4.78 is 1.97. The van der Waals surface area contributed by atoms with Crippen molar-refractivity contribution in [1.29, 1.82) is 0 Å². The first kappa shape index (κ1) is 13.7. The van der Waals surface area contributed by atoms with E-state index >= 15 is 0 Å². The number of nitrogens with zero attached hydrogens (tertiary/aromatic N) is 4. The highest BCUT2D eigenvalue weighted by atomic mass is 35.5. The Labute approximate surface area is 137 Å². The van der Waals surface area contributed by atoms with Gasteiger partial charge in [0.25, 0.3) is 0 Å². The Morgan fingerprint density at radius 2 is 1.96 bits per heavy atom. The molecule has 0 atom stereocenters. The number of aryl methyl sites for hydroxylation is 1. The van der Waals surface area contributed by atoms with Gasteiger partial charge in [-0.1, -0.05) is 29.7 Å². The van der Waals surface area contributed by atoms with E-state index in [1.54, 1.807) is 0 Å². The maximum Gasteiger partial charge on any atom is 0.183 e. The fourth-order valence-corrected chi connectivity index (χ4v) is 2.91. The number of fused-ring (bicyclic) bond motifs is 3. The molecule has 2 heterocycles. The van der Waals surface area contributed by atoms with Crippen LogP contribution in [0, 0.1) is 19.3 Å². The molecule has 4 rings (SSSR count). The molecule has 5 heteroatoms. The van der Waals surface area contributed by atoms with Gasteiger partial charge in [-0.25, -0.2) is 4.98 Å². The van der Waals surface area contributed by atoms with Crippen molar-refractivity contribution in [3.63, 3.8) is 0 Å². The van der Waals surface area contributed by atoms with E-state index in [1.807, 2.05) is 53.8 Å². The third kappa shape index (κ3) is 2.06. The maximum absolute atomic E-state index is 6.33. The maximum atomic E-state index is 6.33. The van der Waals surface area contributed by atoms with Crippen LogP contribution in [0.25, 0.3) is 28.1 Å². The standard InChI is InChI=1S/C18H11ClN4/c1-3-12-8-9-16-15(10-12)20-11(2)17-21-22-18(23(16)17)13-6-4-5-7-14(13)19/h1,4-10H,2H3. The van der Waals surface area contributed by atoms with Crippen LogP contribution >= 0.6 is 11.6 Å². The second-order valence-corrected chi connectivity index (χ2v) is 5.61. The van der Waals surface area contributed by atoms with Gasteiger partial charge in [-0.3, -0.25) is 4.40 Å². The van der Waals surface area contributed by atoms with E-state index in [1.165, 1.54) is 0 Å². The van der Waals surface area contributed by atoms with Crippen LogP contribution in [-0.4, -0.2) is 19.6 Å². The summed E-state index contributed by atoms with van der Waals surface area (Å²) in [6.45, 7) is 1.91. The predicted molar refractivity (Wildman–Crippen MR) is 91.4 cm³/mol. The van der Waals surface area contributed by atoms with Crippen LogP contribution in [-0.2, 0) is 0 Å². The number of hydrogen-bond acceptors (Lipinski definition) is 3. The Balaban J connectivity index is 2.16. The molecule has 0 saturated heterocycles. The van der Waals surface area contributed by atoms with Crippen LogP contribution in [0.1, 0.15) is 11.3 Å². The van der Waals surface area contributed by atoms with Crippen LogP contribution in [0.4, 0.5) is 0 Å². The number of aromatic nitrogens is 4. The molecule has 2 aromatic carbocycles. The summed E-state index contributed by atoms with van der Waals surface area (Å²) in [6, 6.07) is 13.3. The molecular formula is C18H11ClN4. The Kier molecular flexibility index (Phi) is 3.03. The highest BCUT2D eigenvalue weighted by Gasteiger charge is 2.16. The lowest BCUT2D eigenvalue weighted by molar-refractivity contribution is 1.11. The number of rotatable bonds is 1. The molecule has 23 heavy (non-hydrogen) atoms. The van der Waals surface area contributed by atoms with Crippen LogP contribution < -0.4 is 0 Å². The molecular weight excluding hydrogens is 308 g/mol. The quantitative estimate of drug-likeness (QED) is 0.500. The van der Waals surface area contributed by atoms with Crippen LogP contribution in [0.5, 0.6) is 0 Å². The average molecular weight is 319 g/mol. The number of terminal acetylenes is 1. The molecule has 0 unspecified atom stereocenters. The van der Waals surface area contributed by atoms with E-state index < -0.39 is 0 Å². The summed E-state index contributed by atoms with van der Waals surface area (Å²) in [7, 11) is 0. The molecule has 0 bridgehead atoms. The minimum absolute atomic E-state index is 0.629. The van der Waals surface area contributed by atoms with E-state index in [9.17, 15) is 0 Å². The molecule has 0 N–H and O–H groups in total. The zero-order valence-corrected chi connectivity index (χ0v) is 13.0. The molecule has 110 valence electrons. The first-order valence-corrected chi connectivity index (χ1v) is 7.44. The molecule has 4 aromatic rings. The zero-order chi connectivity index (χ0) is 16.0. The van der Waals surface area contributed by atoms with Gasteiger partial charge in [-0.2, -0.15) is 0 Å². The Morgan fingerprint density at radius 1 is 1.13 bits per heavy atom. The smallest absolute Gasteiger partial charge is 0.183 e. The van der Waals surface area contributed by atoms with Crippen LogP contribution in [0.2, 0.25) is 5.02 Å². The molecule has 0 fully saturated rings. The van der Waals surface area contributed by atoms with Gasteiger partial charge in [-0.05, 0) is 37.3 Å². The number of halogens is 1. The highest BCUT2D eigenvalue weighted by Crippen LogP contribution is 2.29. The zero-order valence-electron chi connectivity index (χ0n) is 12.3. The monoisotopic (exact) mass is 318 g/mol. The molecule has 0 aliphatic rings. The average Bonchev–Trinajstić information content (AvgIpc) is 3.00. The van der Waals surface area contributed by atoms with Crippen molar-refractivity contribution in [2.24, 2.45) is 0 Å². The largest absolute Gasteiger partial charge is 0.272 e. The topological polar surface area (TPSA) is 43.1 Å². The first-order chi connectivity index (χ1) is 11.2. The van der Waals surface area contributed by atoms with Crippen molar-refractivity contribution in [2.45, 2.75) is 6.92 Å². The van der Waals surface area contributed by atoms with Gasteiger partial charge in [0.2, 0.25) is 0 Å². The van der Waals surface area contributed by atoms with Gasteiger partial charge in [0.1, 0.15) is 0 Å². The second kappa shape index (κ2) is 5.08. The van der Waals surface area contributed by atoms with Gasteiger partial charge >= 0.3 is 0 Å². The van der Waals surface area contributed by atoms with Crippen LogP contribution in [0.15, 0.2) is 42.5 Å². The van der Waals surface area contributed by atoms with Gasteiger partial charge < -0.3 is 0 Å². The predicted octanol–water partition coefficient (Wildman–Crippen LogP) is 3.89. The summed E-state index contributed by atoms with van der Waals surface area (Å²) in [5, 5.41) is 9.24. The highest BCUT2D eigenvalue weighted by molar-refractivity contribution is 6.33. The van der Waals surface area contributed by atoms with Crippen molar-refractivity contribution in [1.82, 2.24) is 19.6 Å². The third-order valence-electron chi connectivity index (χ3n) is 3.77. The fourth-order valence-electron chi connectivity index (χ4n) is 2.69. The van der Waals surface area contributed by atoms with Crippen molar-refractivity contribution in [3.05, 3.63) is 58.7 Å². The molecule has 2 aromatic heterocycles.